The van der Waals surface area contributed by atoms with Gasteiger partial charge in [0.05, 0.1) is 11.9 Å². The fourth-order valence-electron chi connectivity index (χ4n) is 2.03. The van der Waals surface area contributed by atoms with Gasteiger partial charge in [0.15, 0.2) is 0 Å². The second-order valence-electron chi connectivity index (χ2n) is 4.36. The Bertz CT molecular complexity index is 307. The standard InChI is InChI=1S/C11H21NO3S/c1-2-3-8-16(14,15)12-9-11(13)10-6-4-5-7-10/h2,10-13H,1,3-9H2. The van der Waals surface area contributed by atoms with Gasteiger partial charge in [0.1, 0.15) is 0 Å². The number of allylic oxidation sites excluding steroid dienone is 1. The van der Waals surface area contributed by atoms with Crippen molar-refractivity contribution in [1.29, 1.82) is 0 Å². The monoisotopic (exact) mass is 247 g/mol. The molecule has 1 fully saturated rings. The van der Waals surface area contributed by atoms with Crippen LogP contribution in [0.15, 0.2) is 12.7 Å². The van der Waals surface area contributed by atoms with E-state index in [1.54, 1.807) is 6.08 Å². The highest BCUT2D eigenvalue weighted by molar-refractivity contribution is 7.89. The van der Waals surface area contributed by atoms with Crippen LogP contribution in [0.1, 0.15) is 32.1 Å². The van der Waals surface area contributed by atoms with E-state index in [0.717, 1.165) is 25.7 Å². The second-order valence-corrected chi connectivity index (χ2v) is 6.28. The van der Waals surface area contributed by atoms with E-state index in [9.17, 15) is 13.5 Å². The molecule has 0 aliphatic heterocycles. The van der Waals surface area contributed by atoms with Crippen LogP contribution in [-0.4, -0.2) is 31.9 Å². The fraction of sp³-hybridized carbons (Fsp3) is 0.818. The van der Waals surface area contributed by atoms with E-state index in [4.69, 9.17) is 0 Å². The van der Waals surface area contributed by atoms with Crippen LogP contribution in [0.4, 0.5) is 0 Å². The zero-order chi connectivity index (χ0) is 12.0. The van der Waals surface area contributed by atoms with Crippen molar-refractivity contribution in [2.45, 2.75) is 38.2 Å². The molecule has 1 atom stereocenters. The lowest BCUT2D eigenvalue weighted by molar-refractivity contribution is 0.115. The molecule has 0 aromatic rings. The van der Waals surface area contributed by atoms with Gasteiger partial charge in [0.25, 0.3) is 0 Å². The molecule has 0 amide bonds. The lowest BCUT2D eigenvalue weighted by atomic mass is 10.0. The minimum absolute atomic E-state index is 0.0495. The topological polar surface area (TPSA) is 66.4 Å². The number of hydrogen-bond acceptors (Lipinski definition) is 3. The normalized spacial score (nSPS) is 19.8. The summed E-state index contributed by atoms with van der Waals surface area (Å²) in [6, 6.07) is 0. The van der Waals surface area contributed by atoms with E-state index in [0.29, 0.717) is 6.42 Å². The maximum atomic E-state index is 11.4. The Morgan fingerprint density at radius 3 is 2.62 bits per heavy atom. The van der Waals surface area contributed by atoms with Gasteiger partial charge in [-0.15, -0.1) is 6.58 Å². The van der Waals surface area contributed by atoms with E-state index in [1.165, 1.54) is 0 Å². The van der Waals surface area contributed by atoms with Gasteiger partial charge in [-0.25, -0.2) is 13.1 Å². The number of aliphatic hydroxyl groups excluding tert-OH is 1. The summed E-state index contributed by atoms with van der Waals surface area (Å²) in [6.45, 7) is 3.62. The van der Waals surface area contributed by atoms with Crippen molar-refractivity contribution in [3.63, 3.8) is 0 Å². The molecule has 2 N–H and O–H groups in total. The first-order chi connectivity index (χ1) is 7.55. The third kappa shape index (κ3) is 4.63. The Labute approximate surface area is 97.8 Å². The van der Waals surface area contributed by atoms with Gasteiger partial charge >= 0.3 is 0 Å². The van der Waals surface area contributed by atoms with Gasteiger partial charge < -0.3 is 5.11 Å². The number of rotatable bonds is 7. The quantitative estimate of drug-likeness (QED) is 0.660. The van der Waals surface area contributed by atoms with Gasteiger partial charge in [0, 0.05) is 6.54 Å². The largest absolute Gasteiger partial charge is 0.391 e. The summed E-state index contributed by atoms with van der Waals surface area (Å²) in [7, 11) is -3.25. The third-order valence-electron chi connectivity index (χ3n) is 3.05. The summed E-state index contributed by atoms with van der Waals surface area (Å²) in [5.41, 5.74) is 0. The summed E-state index contributed by atoms with van der Waals surface area (Å²) < 4.78 is 25.3. The van der Waals surface area contributed by atoms with Gasteiger partial charge in [-0.3, -0.25) is 0 Å². The van der Waals surface area contributed by atoms with E-state index in [2.05, 4.69) is 11.3 Å². The Balaban J connectivity index is 2.29. The van der Waals surface area contributed by atoms with Crippen molar-refractivity contribution >= 4 is 10.0 Å². The minimum Gasteiger partial charge on any atom is -0.391 e. The van der Waals surface area contributed by atoms with Crippen molar-refractivity contribution in [2.75, 3.05) is 12.3 Å². The summed E-state index contributed by atoms with van der Waals surface area (Å²) in [5.74, 6) is 0.315. The molecule has 0 spiro atoms. The molecule has 0 aromatic carbocycles. The molecular weight excluding hydrogens is 226 g/mol. The molecule has 5 heteroatoms. The molecule has 1 aliphatic carbocycles. The van der Waals surface area contributed by atoms with E-state index in [-0.39, 0.29) is 18.2 Å². The molecule has 1 unspecified atom stereocenters. The Kier molecular flexibility index (Phi) is 5.44. The Morgan fingerprint density at radius 2 is 2.06 bits per heavy atom. The predicted octanol–water partition coefficient (Wildman–Crippen LogP) is 1.03. The first kappa shape index (κ1) is 13.7. The first-order valence-electron chi connectivity index (χ1n) is 5.81. The van der Waals surface area contributed by atoms with Crippen LogP contribution < -0.4 is 4.72 Å². The van der Waals surface area contributed by atoms with Crippen molar-refractivity contribution < 1.29 is 13.5 Å². The van der Waals surface area contributed by atoms with Crippen LogP contribution in [0, 0.1) is 5.92 Å². The molecule has 0 saturated heterocycles. The van der Waals surface area contributed by atoms with Crippen LogP contribution in [-0.2, 0) is 10.0 Å². The van der Waals surface area contributed by atoms with Crippen molar-refractivity contribution in [3.05, 3.63) is 12.7 Å². The Hall–Kier alpha value is -0.390. The smallest absolute Gasteiger partial charge is 0.211 e. The highest BCUT2D eigenvalue weighted by Crippen LogP contribution is 2.27. The third-order valence-corrected chi connectivity index (χ3v) is 4.43. The van der Waals surface area contributed by atoms with E-state index < -0.39 is 16.1 Å². The number of sulfonamides is 1. The highest BCUT2D eigenvalue weighted by atomic mass is 32.2. The fourth-order valence-corrected chi connectivity index (χ4v) is 3.08. The Morgan fingerprint density at radius 1 is 1.44 bits per heavy atom. The lowest BCUT2D eigenvalue weighted by Crippen LogP contribution is -2.36. The molecule has 0 heterocycles. The summed E-state index contributed by atoms with van der Waals surface area (Å²) in [5, 5.41) is 9.79. The lowest BCUT2D eigenvalue weighted by Gasteiger charge is -2.17. The molecule has 0 bridgehead atoms. The maximum absolute atomic E-state index is 11.4. The summed E-state index contributed by atoms with van der Waals surface area (Å²) >= 11 is 0. The molecule has 1 rings (SSSR count). The van der Waals surface area contributed by atoms with E-state index in [1.807, 2.05) is 0 Å². The molecule has 1 aliphatic rings. The van der Waals surface area contributed by atoms with Gasteiger partial charge in [-0.05, 0) is 25.2 Å². The zero-order valence-electron chi connectivity index (χ0n) is 9.56. The number of aliphatic hydroxyl groups is 1. The average Bonchev–Trinajstić information content (AvgIpc) is 2.77. The van der Waals surface area contributed by atoms with Crippen LogP contribution in [0.3, 0.4) is 0 Å². The van der Waals surface area contributed by atoms with Crippen molar-refractivity contribution in [2.24, 2.45) is 5.92 Å². The van der Waals surface area contributed by atoms with Crippen LogP contribution in [0.2, 0.25) is 0 Å². The van der Waals surface area contributed by atoms with Crippen LogP contribution in [0.5, 0.6) is 0 Å². The van der Waals surface area contributed by atoms with Crippen LogP contribution in [0.25, 0.3) is 0 Å². The minimum atomic E-state index is -3.25. The highest BCUT2D eigenvalue weighted by Gasteiger charge is 2.24. The summed E-state index contributed by atoms with van der Waals surface area (Å²) in [6.07, 6.45) is 5.78. The van der Waals surface area contributed by atoms with Crippen molar-refractivity contribution in [1.82, 2.24) is 4.72 Å². The predicted molar refractivity (Wildman–Crippen MR) is 64.6 cm³/mol. The molecule has 0 aromatic heterocycles. The van der Waals surface area contributed by atoms with Crippen LogP contribution >= 0.6 is 0 Å². The van der Waals surface area contributed by atoms with Crippen molar-refractivity contribution in [3.8, 4) is 0 Å². The molecular formula is C11H21NO3S. The van der Waals surface area contributed by atoms with Gasteiger partial charge in [0.2, 0.25) is 10.0 Å². The molecule has 0 radical (unpaired) electrons. The molecule has 1 saturated carbocycles. The van der Waals surface area contributed by atoms with Gasteiger partial charge in [-0.2, -0.15) is 0 Å². The zero-order valence-corrected chi connectivity index (χ0v) is 10.4. The number of hydrogen-bond donors (Lipinski definition) is 2. The summed E-state index contributed by atoms with van der Waals surface area (Å²) in [4.78, 5) is 0. The molecule has 94 valence electrons. The first-order valence-corrected chi connectivity index (χ1v) is 7.46. The SMILES string of the molecule is C=CCCS(=O)(=O)NCC(O)C1CCCC1. The second kappa shape index (κ2) is 6.37. The molecule has 4 nitrogen and oxygen atoms in total. The van der Waals surface area contributed by atoms with E-state index >= 15 is 0 Å². The molecule has 16 heavy (non-hydrogen) atoms. The van der Waals surface area contributed by atoms with Gasteiger partial charge in [-0.1, -0.05) is 18.9 Å². The number of nitrogens with one attached hydrogen (secondary N) is 1. The maximum Gasteiger partial charge on any atom is 0.211 e. The average molecular weight is 247 g/mol.